The summed E-state index contributed by atoms with van der Waals surface area (Å²) in [5.41, 5.74) is 3.16. The number of imidazole rings is 1. The van der Waals surface area contributed by atoms with E-state index in [-0.39, 0.29) is 5.91 Å². The monoisotopic (exact) mass is 423 g/mol. The Morgan fingerprint density at radius 1 is 1.17 bits per heavy atom. The van der Waals surface area contributed by atoms with Crippen LogP contribution in [0.5, 0.6) is 5.75 Å². The number of aryl methyl sites for hydroxylation is 1. The van der Waals surface area contributed by atoms with Crippen molar-refractivity contribution in [3.63, 3.8) is 0 Å². The van der Waals surface area contributed by atoms with Gasteiger partial charge in [-0.15, -0.1) is 0 Å². The van der Waals surface area contributed by atoms with Crippen LogP contribution in [0.25, 0.3) is 11.0 Å². The van der Waals surface area contributed by atoms with Gasteiger partial charge in [0, 0.05) is 18.3 Å². The van der Waals surface area contributed by atoms with Crippen molar-refractivity contribution in [2.45, 2.75) is 50.9 Å². The zero-order valence-corrected chi connectivity index (χ0v) is 18.5. The average molecular weight is 424 g/mol. The van der Waals surface area contributed by atoms with E-state index in [0.29, 0.717) is 19.2 Å². The summed E-state index contributed by atoms with van der Waals surface area (Å²) in [6.07, 6.45) is 3.40. The van der Waals surface area contributed by atoms with Gasteiger partial charge in [0.2, 0.25) is 5.91 Å². The topological polar surface area (TPSA) is 47.4 Å². The van der Waals surface area contributed by atoms with E-state index in [0.717, 1.165) is 47.1 Å². The van der Waals surface area contributed by atoms with Crippen LogP contribution in [0.15, 0.2) is 53.7 Å². The van der Waals surface area contributed by atoms with Crippen LogP contribution in [0.4, 0.5) is 0 Å². The predicted molar refractivity (Wildman–Crippen MR) is 122 cm³/mol. The smallest absolute Gasteiger partial charge is 0.242 e. The fourth-order valence-corrected chi connectivity index (χ4v) is 4.77. The summed E-state index contributed by atoms with van der Waals surface area (Å²) in [5.74, 6) is 1.83. The zero-order valence-electron chi connectivity index (χ0n) is 17.7. The molecule has 30 heavy (non-hydrogen) atoms. The third-order valence-electron chi connectivity index (χ3n) is 5.64. The summed E-state index contributed by atoms with van der Waals surface area (Å²) < 4.78 is 7.92. The van der Waals surface area contributed by atoms with Gasteiger partial charge >= 0.3 is 0 Å². The molecule has 1 aliphatic heterocycles. The van der Waals surface area contributed by atoms with Gasteiger partial charge in [-0.1, -0.05) is 41.6 Å². The molecule has 3 aromatic rings. The van der Waals surface area contributed by atoms with Crippen LogP contribution in [0, 0.1) is 6.92 Å². The van der Waals surface area contributed by atoms with E-state index >= 15 is 0 Å². The molecule has 0 N–H and O–H groups in total. The number of carbonyl (C=O) groups is 1. The predicted octanol–water partition coefficient (Wildman–Crippen LogP) is 4.92. The van der Waals surface area contributed by atoms with Crippen molar-refractivity contribution in [1.29, 1.82) is 0 Å². The number of piperidine rings is 1. The van der Waals surface area contributed by atoms with Crippen molar-refractivity contribution in [1.82, 2.24) is 14.5 Å². The van der Waals surface area contributed by atoms with Crippen LogP contribution in [0.3, 0.4) is 0 Å². The quantitative estimate of drug-likeness (QED) is 0.400. The number of ether oxygens (including phenoxy) is 1. The Bertz CT molecular complexity index is 999. The highest BCUT2D eigenvalue weighted by Gasteiger charge is 2.24. The van der Waals surface area contributed by atoms with E-state index in [4.69, 9.17) is 9.72 Å². The summed E-state index contributed by atoms with van der Waals surface area (Å²) in [6.45, 7) is 6.01. The number of hydrogen-bond donors (Lipinski definition) is 0. The number of hydrogen-bond acceptors (Lipinski definition) is 4. The molecular formula is C24H29N3O2S. The van der Waals surface area contributed by atoms with E-state index in [1.807, 2.05) is 41.3 Å². The van der Waals surface area contributed by atoms with Gasteiger partial charge in [-0.2, -0.15) is 0 Å². The highest BCUT2D eigenvalue weighted by Crippen LogP contribution is 2.25. The maximum atomic E-state index is 13.1. The maximum Gasteiger partial charge on any atom is 0.242 e. The normalized spacial score (nSPS) is 16.7. The number of likely N-dealkylation sites (tertiary alicyclic amines) is 1. The Hall–Kier alpha value is -2.47. The molecule has 0 bridgehead atoms. The lowest BCUT2D eigenvalue weighted by molar-refractivity contribution is -0.135. The summed E-state index contributed by atoms with van der Waals surface area (Å²) in [6, 6.07) is 16.5. The first-order valence-corrected chi connectivity index (χ1v) is 11.7. The molecule has 4 rings (SSSR count). The Balaban J connectivity index is 1.44. The van der Waals surface area contributed by atoms with Gasteiger partial charge in [0.25, 0.3) is 0 Å². The standard InChI is InChI=1S/C24H29N3O2S/c1-18-10-12-20(13-11-18)29-15-16-30-24-25-21-8-3-4-9-22(21)27(24)17-23(28)26-14-6-5-7-19(26)2/h3-4,8-13,19H,5-7,14-17H2,1-2H3/t19-/m1/s1. The number of rotatable bonds is 7. The fourth-order valence-electron chi connectivity index (χ4n) is 3.94. The van der Waals surface area contributed by atoms with Gasteiger partial charge in [0.05, 0.1) is 17.6 Å². The molecule has 1 saturated heterocycles. The molecule has 2 aromatic carbocycles. The molecule has 2 heterocycles. The van der Waals surface area contributed by atoms with Gasteiger partial charge in [-0.3, -0.25) is 4.79 Å². The third-order valence-corrected chi connectivity index (χ3v) is 6.58. The van der Waals surface area contributed by atoms with Crippen molar-refractivity contribution in [3.8, 4) is 5.75 Å². The van der Waals surface area contributed by atoms with Crippen LogP contribution in [0.2, 0.25) is 0 Å². The number of amides is 1. The van der Waals surface area contributed by atoms with E-state index in [1.54, 1.807) is 11.8 Å². The maximum absolute atomic E-state index is 13.1. The van der Waals surface area contributed by atoms with Crippen LogP contribution < -0.4 is 4.74 Å². The molecule has 1 atom stereocenters. The Morgan fingerprint density at radius 2 is 1.97 bits per heavy atom. The number of fused-ring (bicyclic) bond motifs is 1. The minimum atomic E-state index is 0.183. The molecule has 1 aliphatic rings. The van der Waals surface area contributed by atoms with E-state index < -0.39 is 0 Å². The average Bonchev–Trinajstić information content (AvgIpc) is 3.10. The second kappa shape index (κ2) is 9.56. The Labute approximate surface area is 182 Å². The minimum Gasteiger partial charge on any atom is -0.493 e. The molecule has 1 amide bonds. The van der Waals surface area contributed by atoms with Crippen molar-refractivity contribution in [2.75, 3.05) is 18.9 Å². The van der Waals surface area contributed by atoms with Crippen LogP contribution in [-0.2, 0) is 11.3 Å². The summed E-state index contributed by atoms with van der Waals surface area (Å²) >= 11 is 1.64. The molecular weight excluding hydrogens is 394 g/mol. The van der Waals surface area contributed by atoms with E-state index in [2.05, 4.69) is 30.5 Å². The van der Waals surface area contributed by atoms with Gasteiger partial charge < -0.3 is 14.2 Å². The lowest BCUT2D eigenvalue weighted by Gasteiger charge is -2.33. The Morgan fingerprint density at radius 3 is 2.77 bits per heavy atom. The minimum absolute atomic E-state index is 0.183. The SMILES string of the molecule is Cc1ccc(OCCSc2nc3ccccc3n2CC(=O)N2CCCC[C@H]2C)cc1. The lowest BCUT2D eigenvalue weighted by Crippen LogP contribution is -2.43. The summed E-state index contributed by atoms with van der Waals surface area (Å²) in [5, 5.41) is 0.877. The second-order valence-electron chi connectivity index (χ2n) is 7.91. The van der Waals surface area contributed by atoms with Crippen LogP contribution in [0.1, 0.15) is 31.7 Å². The molecule has 0 aliphatic carbocycles. The van der Waals surface area contributed by atoms with Gasteiger partial charge in [0.1, 0.15) is 12.3 Å². The summed E-state index contributed by atoms with van der Waals surface area (Å²) in [7, 11) is 0. The molecule has 0 saturated carbocycles. The van der Waals surface area contributed by atoms with Crippen molar-refractivity contribution < 1.29 is 9.53 Å². The second-order valence-corrected chi connectivity index (χ2v) is 8.97. The first kappa shape index (κ1) is 20.8. The molecule has 1 fully saturated rings. The molecule has 0 radical (unpaired) electrons. The van der Waals surface area contributed by atoms with Crippen LogP contribution in [-0.4, -0.2) is 45.3 Å². The largest absolute Gasteiger partial charge is 0.493 e. The molecule has 0 unspecified atom stereocenters. The van der Waals surface area contributed by atoms with Gasteiger partial charge in [0.15, 0.2) is 5.16 Å². The summed E-state index contributed by atoms with van der Waals surface area (Å²) in [4.78, 5) is 19.9. The lowest BCUT2D eigenvalue weighted by atomic mass is 10.0. The van der Waals surface area contributed by atoms with Crippen molar-refractivity contribution >= 4 is 28.7 Å². The van der Waals surface area contributed by atoms with E-state index in [9.17, 15) is 4.79 Å². The highest BCUT2D eigenvalue weighted by atomic mass is 32.2. The molecule has 1 aromatic heterocycles. The number of thioether (sulfide) groups is 1. The molecule has 5 nitrogen and oxygen atoms in total. The molecule has 158 valence electrons. The number of aromatic nitrogens is 2. The first-order valence-electron chi connectivity index (χ1n) is 10.7. The van der Waals surface area contributed by atoms with E-state index in [1.165, 1.54) is 12.0 Å². The van der Waals surface area contributed by atoms with Crippen molar-refractivity contribution in [3.05, 3.63) is 54.1 Å². The number of carbonyl (C=O) groups excluding carboxylic acids is 1. The molecule has 6 heteroatoms. The van der Waals surface area contributed by atoms with Gasteiger partial charge in [-0.25, -0.2) is 4.98 Å². The zero-order chi connectivity index (χ0) is 20.9. The number of benzene rings is 2. The number of nitrogens with zero attached hydrogens (tertiary/aromatic N) is 3. The van der Waals surface area contributed by atoms with Crippen molar-refractivity contribution in [2.24, 2.45) is 0 Å². The first-order chi connectivity index (χ1) is 14.6. The number of para-hydroxylation sites is 2. The van der Waals surface area contributed by atoms with Crippen LogP contribution >= 0.6 is 11.8 Å². The third kappa shape index (κ3) is 4.81. The highest BCUT2D eigenvalue weighted by molar-refractivity contribution is 7.99. The Kier molecular flexibility index (Phi) is 6.62. The van der Waals surface area contributed by atoms with Gasteiger partial charge in [-0.05, 0) is 57.4 Å². The fraction of sp³-hybridized carbons (Fsp3) is 0.417. The molecule has 0 spiro atoms.